The highest BCUT2D eigenvalue weighted by Gasteiger charge is 2.16. The molecule has 21 heavy (non-hydrogen) atoms. The predicted octanol–water partition coefficient (Wildman–Crippen LogP) is 2.88. The van der Waals surface area contributed by atoms with Gasteiger partial charge in [0.25, 0.3) is 0 Å². The van der Waals surface area contributed by atoms with Crippen molar-refractivity contribution in [2.45, 2.75) is 83.2 Å². The number of rotatable bonds is 5. The second-order valence-electron chi connectivity index (χ2n) is 6.83. The van der Waals surface area contributed by atoms with Gasteiger partial charge in [0, 0.05) is 18.6 Å². The lowest BCUT2D eigenvalue weighted by atomic mass is 10.1. The van der Waals surface area contributed by atoms with Gasteiger partial charge in [-0.15, -0.1) is 0 Å². The first kappa shape index (κ1) is 16.6. The second-order valence-corrected chi connectivity index (χ2v) is 6.83. The van der Waals surface area contributed by atoms with Crippen LogP contribution in [0.5, 0.6) is 0 Å². The zero-order valence-corrected chi connectivity index (χ0v) is 13.8. The van der Waals surface area contributed by atoms with Gasteiger partial charge in [0.2, 0.25) is 0 Å². The summed E-state index contributed by atoms with van der Waals surface area (Å²) < 4.78 is 0. The predicted molar refractivity (Wildman–Crippen MR) is 90.6 cm³/mol. The van der Waals surface area contributed by atoms with Crippen LogP contribution in [0.2, 0.25) is 0 Å². The lowest BCUT2D eigenvalue weighted by Gasteiger charge is -2.32. The molecule has 0 aromatic rings. The Bertz CT molecular complexity index is 302. The molecule has 2 fully saturated rings. The molecule has 0 amide bonds. The van der Waals surface area contributed by atoms with E-state index in [0.717, 1.165) is 13.0 Å². The highest BCUT2D eigenvalue weighted by molar-refractivity contribution is 5.78. The van der Waals surface area contributed by atoms with Gasteiger partial charge >= 0.3 is 0 Å². The van der Waals surface area contributed by atoms with E-state index < -0.39 is 0 Å². The van der Waals surface area contributed by atoms with E-state index in [1.54, 1.807) is 0 Å². The van der Waals surface area contributed by atoms with E-state index in [9.17, 15) is 0 Å². The minimum Gasteiger partial charge on any atom is -0.370 e. The third-order valence-corrected chi connectivity index (χ3v) is 5.05. The second kappa shape index (κ2) is 9.29. The summed E-state index contributed by atoms with van der Waals surface area (Å²) in [5.74, 6) is 0.660. The third kappa shape index (κ3) is 6.25. The maximum Gasteiger partial charge on any atom is 0.188 e. The molecular formula is C17H34N4. The van der Waals surface area contributed by atoms with Crippen LogP contribution >= 0.6 is 0 Å². The molecule has 4 nitrogen and oxygen atoms in total. The van der Waals surface area contributed by atoms with E-state index in [1.165, 1.54) is 70.9 Å². The molecule has 3 N–H and O–H groups in total. The number of likely N-dealkylation sites (tertiary alicyclic amines) is 1. The van der Waals surface area contributed by atoms with Crippen molar-refractivity contribution in [3.8, 4) is 0 Å². The van der Waals surface area contributed by atoms with Gasteiger partial charge in [-0.25, -0.2) is 0 Å². The summed E-state index contributed by atoms with van der Waals surface area (Å²) >= 11 is 0. The molecule has 0 aromatic carbocycles. The molecule has 1 aliphatic heterocycles. The highest BCUT2D eigenvalue weighted by atomic mass is 15.2. The van der Waals surface area contributed by atoms with Gasteiger partial charge in [-0.05, 0) is 52.1 Å². The van der Waals surface area contributed by atoms with Crippen LogP contribution in [0.3, 0.4) is 0 Å². The summed E-state index contributed by atoms with van der Waals surface area (Å²) in [7, 11) is 0. The van der Waals surface area contributed by atoms with Crippen LogP contribution in [0.25, 0.3) is 0 Å². The van der Waals surface area contributed by atoms with Gasteiger partial charge in [-0.2, -0.15) is 0 Å². The van der Waals surface area contributed by atoms with E-state index in [2.05, 4.69) is 22.1 Å². The average Bonchev–Trinajstić information content (AvgIpc) is 2.76. The van der Waals surface area contributed by atoms with Crippen molar-refractivity contribution < 1.29 is 0 Å². The minimum atomic E-state index is 0.552. The molecule has 1 atom stereocenters. The summed E-state index contributed by atoms with van der Waals surface area (Å²) in [4.78, 5) is 7.15. The Labute approximate surface area is 130 Å². The van der Waals surface area contributed by atoms with Crippen LogP contribution in [0.1, 0.15) is 71.1 Å². The Morgan fingerprint density at radius 1 is 1.10 bits per heavy atom. The van der Waals surface area contributed by atoms with Crippen molar-refractivity contribution >= 4 is 5.96 Å². The molecule has 1 heterocycles. The number of hydrogen-bond acceptors (Lipinski definition) is 2. The molecule has 2 rings (SSSR count). The maximum atomic E-state index is 6.05. The Morgan fingerprint density at radius 3 is 2.38 bits per heavy atom. The molecule has 4 heteroatoms. The third-order valence-electron chi connectivity index (χ3n) is 5.05. The van der Waals surface area contributed by atoms with Crippen molar-refractivity contribution in [2.75, 3.05) is 19.6 Å². The van der Waals surface area contributed by atoms with E-state index in [4.69, 9.17) is 5.73 Å². The fourth-order valence-corrected chi connectivity index (χ4v) is 3.59. The zero-order valence-electron chi connectivity index (χ0n) is 13.8. The van der Waals surface area contributed by atoms with Gasteiger partial charge in [0.15, 0.2) is 5.96 Å². The molecule has 1 aliphatic carbocycles. The molecule has 0 spiro atoms. The van der Waals surface area contributed by atoms with Crippen molar-refractivity contribution in [1.29, 1.82) is 0 Å². The highest BCUT2D eigenvalue weighted by Crippen LogP contribution is 2.17. The smallest absolute Gasteiger partial charge is 0.188 e. The van der Waals surface area contributed by atoms with Crippen LogP contribution in [0, 0.1) is 0 Å². The molecule has 0 aromatic heterocycles. The number of guanidine groups is 1. The number of nitrogens with one attached hydrogen (secondary N) is 1. The summed E-state index contributed by atoms with van der Waals surface area (Å²) in [6.45, 7) is 5.71. The largest absolute Gasteiger partial charge is 0.370 e. The van der Waals surface area contributed by atoms with Crippen LogP contribution in [0.4, 0.5) is 0 Å². The molecule has 0 bridgehead atoms. The molecule has 1 unspecified atom stereocenters. The Hall–Kier alpha value is -0.770. The molecule has 2 aliphatic rings. The fourth-order valence-electron chi connectivity index (χ4n) is 3.59. The lowest BCUT2D eigenvalue weighted by molar-refractivity contribution is 0.168. The summed E-state index contributed by atoms with van der Waals surface area (Å²) in [6, 6.07) is 1.19. The monoisotopic (exact) mass is 294 g/mol. The normalized spacial score (nSPS) is 24.5. The average molecular weight is 294 g/mol. The van der Waals surface area contributed by atoms with Crippen molar-refractivity contribution in [1.82, 2.24) is 10.2 Å². The molecule has 1 saturated carbocycles. The maximum absolute atomic E-state index is 6.05. The zero-order chi connectivity index (χ0) is 14.9. The number of nitrogens with zero attached hydrogens (tertiary/aromatic N) is 2. The van der Waals surface area contributed by atoms with E-state index in [-0.39, 0.29) is 0 Å². The Balaban J connectivity index is 1.65. The number of piperidine rings is 1. The van der Waals surface area contributed by atoms with E-state index in [1.807, 2.05) is 0 Å². The van der Waals surface area contributed by atoms with Crippen LogP contribution in [-0.2, 0) is 0 Å². The van der Waals surface area contributed by atoms with E-state index >= 15 is 0 Å². The van der Waals surface area contributed by atoms with Gasteiger partial charge in [-0.1, -0.05) is 32.1 Å². The first-order valence-corrected chi connectivity index (χ1v) is 9.06. The summed E-state index contributed by atoms with van der Waals surface area (Å²) in [5, 5.41) is 3.43. The summed E-state index contributed by atoms with van der Waals surface area (Å²) in [5.41, 5.74) is 6.05. The SMILES string of the molecule is CC(CCN=C(N)NC1CCCCCC1)N1CCCCC1. The first-order chi connectivity index (χ1) is 10.3. The van der Waals surface area contributed by atoms with Crippen molar-refractivity contribution in [3.05, 3.63) is 0 Å². The Kier molecular flexibility index (Phi) is 7.34. The molecular weight excluding hydrogens is 260 g/mol. The molecule has 122 valence electrons. The Morgan fingerprint density at radius 2 is 1.71 bits per heavy atom. The topological polar surface area (TPSA) is 53.6 Å². The van der Waals surface area contributed by atoms with Gasteiger partial charge in [0.05, 0.1) is 0 Å². The number of aliphatic imine (C=N–C) groups is 1. The number of nitrogens with two attached hydrogens (primary N) is 1. The first-order valence-electron chi connectivity index (χ1n) is 9.06. The van der Waals surface area contributed by atoms with Crippen molar-refractivity contribution in [3.63, 3.8) is 0 Å². The lowest BCUT2D eigenvalue weighted by Crippen LogP contribution is -2.40. The standard InChI is InChI=1S/C17H34N4/c1-15(21-13-7-4-8-14-21)11-12-19-17(18)20-16-9-5-2-3-6-10-16/h15-16H,2-14H2,1H3,(H3,18,19,20). The van der Waals surface area contributed by atoms with Gasteiger partial charge in [-0.3, -0.25) is 4.99 Å². The molecule has 0 radical (unpaired) electrons. The van der Waals surface area contributed by atoms with Crippen LogP contribution < -0.4 is 11.1 Å². The molecule has 1 saturated heterocycles. The summed E-state index contributed by atoms with van der Waals surface area (Å²) in [6.07, 6.45) is 13.2. The quantitative estimate of drug-likeness (QED) is 0.466. The van der Waals surface area contributed by atoms with Gasteiger partial charge < -0.3 is 16.0 Å². The van der Waals surface area contributed by atoms with Gasteiger partial charge in [0.1, 0.15) is 0 Å². The minimum absolute atomic E-state index is 0.552. The van der Waals surface area contributed by atoms with Crippen molar-refractivity contribution in [2.24, 2.45) is 10.7 Å². The van der Waals surface area contributed by atoms with E-state index in [0.29, 0.717) is 18.0 Å². The van der Waals surface area contributed by atoms with Crippen LogP contribution in [0.15, 0.2) is 4.99 Å². The fraction of sp³-hybridized carbons (Fsp3) is 0.941. The number of hydrogen-bond donors (Lipinski definition) is 2. The van der Waals surface area contributed by atoms with Crippen LogP contribution in [-0.4, -0.2) is 42.6 Å².